The SMILES string of the molecule is CS(=O)(=O)N(CCO)c1cc2oc(-c3ccc(F)cc3)cc2cc1C1CC1. The Kier molecular flexibility index (Phi) is 4.44. The van der Waals surface area contributed by atoms with E-state index in [4.69, 9.17) is 4.42 Å². The zero-order valence-corrected chi connectivity index (χ0v) is 15.7. The minimum Gasteiger partial charge on any atom is -0.456 e. The molecule has 1 saturated carbocycles. The number of nitrogens with zero attached hydrogens (tertiary/aromatic N) is 1. The maximum Gasteiger partial charge on any atom is 0.232 e. The Morgan fingerprint density at radius 2 is 1.89 bits per heavy atom. The van der Waals surface area contributed by atoms with E-state index in [0.29, 0.717) is 22.9 Å². The number of hydrogen-bond acceptors (Lipinski definition) is 4. The van der Waals surface area contributed by atoms with E-state index < -0.39 is 10.0 Å². The molecular weight excluding hydrogens is 369 g/mol. The van der Waals surface area contributed by atoms with Crippen molar-refractivity contribution in [3.63, 3.8) is 0 Å². The highest BCUT2D eigenvalue weighted by atomic mass is 32.2. The van der Waals surface area contributed by atoms with Crippen molar-refractivity contribution < 1.29 is 22.3 Å². The largest absolute Gasteiger partial charge is 0.456 e. The van der Waals surface area contributed by atoms with Gasteiger partial charge in [-0.25, -0.2) is 12.8 Å². The molecule has 1 aliphatic rings. The Morgan fingerprint density at radius 3 is 2.48 bits per heavy atom. The summed E-state index contributed by atoms with van der Waals surface area (Å²) in [5, 5.41) is 10.2. The molecule has 5 nitrogen and oxygen atoms in total. The Morgan fingerprint density at radius 1 is 1.19 bits per heavy atom. The molecule has 1 aromatic heterocycles. The fourth-order valence-electron chi connectivity index (χ4n) is 3.34. The summed E-state index contributed by atoms with van der Waals surface area (Å²) in [5.74, 6) is 0.592. The van der Waals surface area contributed by atoms with Crippen LogP contribution in [0.15, 0.2) is 46.9 Å². The van der Waals surface area contributed by atoms with Crippen LogP contribution in [0.25, 0.3) is 22.3 Å². The summed E-state index contributed by atoms with van der Waals surface area (Å²) in [6.45, 7) is -0.274. The van der Waals surface area contributed by atoms with Crippen molar-refractivity contribution >= 4 is 26.7 Å². The monoisotopic (exact) mass is 389 g/mol. The number of rotatable bonds is 6. The van der Waals surface area contributed by atoms with Crippen molar-refractivity contribution in [2.75, 3.05) is 23.7 Å². The molecule has 4 rings (SSSR count). The van der Waals surface area contributed by atoms with Crippen LogP contribution in [-0.4, -0.2) is 32.9 Å². The minimum absolute atomic E-state index is 0.00438. The summed E-state index contributed by atoms with van der Waals surface area (Å²) in [5.41, 5.74) is 2.81. The number of benzene rings is 2. The third kappa shape index (κ3) is 3.57. The lowest BCUT2D eigenvalue weighted by molar-refractivity contribution is 0.306. The molecule has 1 aliphatic carbocycles. The zero-order valence-electron chi connectivity index (χ0n) is 14.9. The van der Waals surface area contributed by atoms with E-state index in [9.17, 15) is 17.9 Å². The van der Waals surface area contributed by atoms with Crippen molar-refractivity contribution in [1.82, 2.24) is 0 Å². The Balaban J connectivity index is 1.86. The van der Waals surface area contributed by atoms with Crippen molar-refractivity contribution in [1.29, 1.82) is 0 Å². The smallest absolute Gasteiger partial charge is 0.232 e. The van der Waals surface area contributed by atoms with Gasteiger partial charge >= 0.3 is 0 Å². The second-order valence-corrected chi connectivity index (χ2v) is 8.81. The molecule has 27 heavy (non-hydrogen) atoms. The van der Waals surface area contributed by atoms with Gasteiger partial charge < -0.3 is 9.52 Å². The van der Waals surface area contributed by atoms with Crippen LogP contribution in [0, 0.1) is 5.82 Å². The molecule has 1 N–H and O–H groups in total. The first-order valence-corrected chi connectivity index (χ1v) is 10.6. The second-order valence-electron chi connectivity index (χ2n) is 6.90. The van der Waals surface area contributed by atoms with Crippen LogP contribution in [0.4, 0.5) is 10.1 Å². The van der Waals surface area contributed by atoms with Crippen molar-refractivity contribution in [2.45, 2.75) is 18.8 Å². The Hall–Kier alpha value is -2.38. The summed E-state index contributed by atoms with van der Waals surface area (Å²) in [4.78, 5) is 0. The third-order valence-corrected chi connectivity index (χ3v) is 5.96. The Labute approximate surface area is 157 Å². The fraction of sp³-hybridized carbons (Fsp3) is 0.300. The van der Waals surface area contributed by atoms with Gasteiger partial charge in [-0.05, 0) is 60.7 Å². The fourth-order valence-corrected chi connectivity index (χ4v) is 4.27. The van der Waals surface area contributed by atoms with E-state index in [1.165, 1.54) is 16.4 Å². The van der Waals surface area contributed by atoms with Gasteiger partial charge in [0.2, 0.25) is 10.0 Å². The van der Waals surface area contributed by atoms with Gasteiger partial charge in [0.1, 0.15) is 17.2 Å². The molecule has 7 heteroatoms. The first-order valence-electron chi connectivity index (χ1n) is 8.79. The number of aliphatic hydroxyl groups is 1. The van der Waals surface area contributed by atoms with Gasteiger partial charge in [-0.3, -0.25) is 4.31 Å². The molecule has 0 aliphatic heterocycles. The van der Waals surface area contributed by atoms with Gasteiger partial charge in [-0.2, -0.15) is 0 Å². The first-order chi connectivity index (χ1) is 12.9. The van der Waals surface area contributed by atoms with E-state index in [2.05, 4.69) is 0 Å². The molecule has 2 aromatic carbocycles. The average Bonchev–Trinajstić information content (AvgIpc) is 3.38. The molecule has 1 heterocycles. The first kappa shape index (κ1) is 18.0. The number of sulfonamides is 1. The molecule has 0 spiro atoms. The lowest BCUT2D eigenvalue weighted by Crippen LogP contribution is -2.33. The van der Waals surface area contributed by atoms with E-state index in [0.717, 1.165) is 35.6 Å². The number of halogens is 1. The summed E-state index contributed by atoms with van der Waals surface area (Å²) < 4.78 is 44.8. The molecular formula is C20H20FNO4S. The van der Waals surface area contributed by atoms with Crippen molar-refractivity contribution in [2.24, 2.45) is 0 Å². The second kappa shape index (κ2) is 6.65. The molecule has 3 aromatic rings. The summed E-state index contributed by atoms with van der Waals surface area (Å²) in [6.07, 6.45) is 3.16. The molecule has 1 fully saturated rings. The zero-order chi connectivity index (χ0) is 19.2. The lowest BCUT2D eigenvalue weighted by atomic mass is 10.0. The highest BCUT2D eigenvalue weighted by molar-refractivity contribution is 7.92. The van der Waals surface area contributed by atoms with Crippen molar-refractivity contribution in [3.05, 3.63) is 53.8 Å². The predicted octanol–water partition coefficient (Wildman–Crippen LogP) is 3.87. The van der Waals surface area contributed by atoms with Crippen LogP contribution in [0.1, 0.15) is 24.3 Å². The number of anilines is 1. The topological polar surface area (TPSA) is 70.8 Å². The van der Waals surface area contributed by atoms with Crippen molar-refractivity contribution in [3.8, 4) is 11.3 Å². The molecule has 0 unspecified atom stereocenters. The molecule has 0 radical (unpaired) electrons. The van der Waals surface area contributed by atoms with Crippen LogP contribution in [-0.2, 0) is 10.0 Å². The number of furan rings is 1. The van der Waals surface area contributed by atoms with Crippen LogP contribution in [0.2, 0.25) is 0 Å². The number of hydrogen-bond donors (Lipinski definition) is 1. The quantitative estimate of drug-likeness (QED) is 0.695. The maximum atomic E-state index is 13.2. The number of fused-ring (bicyclic) bond motifs is 1. The van der Waals surface area contributed by atoms with E-state index in [1.54, 1.807) is 18.2 Å². The molecule has 0 saturated heterocycles. The molecule has 0 amide bonds. The van der Waals surface area contributed by atoms with Gasteiger partial charge in [0, 0.05) is 17.0 Å². The maximum absolute atomic E-state index is 13.2. The van der Waals surface area contributed by atoms with Crippen LogP contribution < -0.4 is 4.31 Å². The van der Waals surface area contributed by atoms with Gasteiger partial charge in [-0.15, -0.1) is 0 Å². The third-order valence-electron chi connectivity index (χ3n) is 4.78. The predicted molar refractivity (Wildman–Crippen MR) is 103 cm³/mol. The van der Waals surface area contributed by atoms with Gasteiger partial charge in [-0.1, -0.05) is 0 Å². The summed E-state index contributed by atoms with van der Waals surface area (Å²) in [7, 11) is -3.54. The highest BCUT2D eigenvalue weighted by Gasteiger charge is 2.31. The van der Waals surface area contributed by atoms with E-state index in [-0.39, 0.29) is 19.0 Å². The van der Waals surface area contributed by atoms with Gasteiger partial charge in [0.15, 0.2) is 0 Å². The minimum atomic E-state index is -3.54. The van der Waals surface area contributed by atoms with E-state index in [1.807, 2.05) is 12.1 Å². The Bertz CT molecular complexity index is 1090. The molecule has 0 bridgehead atoms. The standard InChI is InChI=1S/C20H20FNO4S/c1-27(24,25)22(8-9-23)18-12-20-15(10-17(18)13-2-3-13)11-19(26-20)14-4-6-16(21)7-5-14/h4-7,10-13,23H,2-3,8-9H2,1H3. The number of aliphatic hydroxyl groups excluding tert-OH is 1. The molecule has 0 atom stereocenters. The van der Waals surface area contributed by atoms with Crippen LogP contribution in [0.3, 0.4) is 0 Å². The summed E-state index contributed by atoms with van der Waals surface area (Å²) >= 11 is 0. The highest BCUT2D eigenvalue weighted by Crippen LogP contribution is 2.47. The summed E-state index contributed by atoms with van der Waals surface area (Å²) in [6, 6.07) is 11.6. The molecule has 142 valence electrons. The lowest BCUT2D eigenvalue weighted by Gasteiger charge is -2.24. The van der Waals surface area contributed by atoms with Crippen LogP contribution >= 0.6 is 0 Å². The van der Waals surface area contributed by atoms with E-state index >= 15 is 0 Å². The van der Waals surface area contributed by atoms with Gasteiger partial charge in [0.25, 0.3) is 0 Å². The van der Waals surface area contributed by atoms with Crippen LogP contribution in [0.5, 0.6) is 0 Å². The van der Waals surface area contributed by atoms with Gasteiger partial charge in [0.05, 0.1) is 25.1 Å². The normalized spacial score (nSPS) is 14.6. The average molecular weight is 389 g/mol.